The van der Waals surface area contributed by atoms with Crippen LogP contribution in [0.4, 0.5) is 5.82 Å². The zero-order valence-corrected chi connectivity index (χ0v) is 12.6. The number of furan rings is 1. The molecule has 0 amide bonds. The topological polar surface area (TPSA) is 60.2 Å². The minimum absolute atomic E-state index is 0.516. The van der Waals surface area contributed by atoms with Crippen molar-refractivity contribution in [2.75, 3.05) is 18.5 Å². The van der Waals surface area contributed by atoms with Crippen LogP contribution in [-0.2, 0) is 11.3 Å². The molecule has 0 radical (unpaired) electrons. The zero-order valence-electron chi connectivity index (χ0n) is 12.6. The first-order chi connectivity index (χ1) is 10.8. The molecule has 0 bridgehead atoms. The van der Waals surface area contributed by atoms with E-state index in [0.29, 0.717) is 13.2 Å². The van der Waals surface area contributed by atoms with Gasteiger partial charge in [0.2, 0.25) is 0 Å². The van der Waals surface area contributed by atoms with Crippen LogP contribution >= 0.6 is 0 Å². The molecule has 0 spiro atoms. The molecule has 114 valence electrons. The van der Waals surface area contributed by atoms with Gasteiger partial charge < -0.3 is 14.5 Å². The molecule has 2 heterocycles. The Bertz CT molecular complexity index is 726. The Morgan fingerprint density at radius 2 is 1.91 bits per heavy atom. The maximum atomic E-state index is 5.55. The summed E-state index contributed by atoms with van der Waals surface area (Å²) in [5, 5.41) is 3.32. The molecule has 22 heavy (non-hydrogen) atoms. The molecule has 5 nitrogen and oxygen atoms in total. The molecule has 5 heteroatoms. The van der Waals surface area contributed by atoms with Crippen molar-refractivity contribution in [2.45, 2.75) is 20.0 Å². The molecule has 1 N–H and O–H groups in total. The third-order valence-corrected chi connectivity index (χ3v) is 3.33. The first kappa shape index (κ1) is 14.5. The highest BCUT2D eigenvalue weighted by Gasteiger charge is 2.04. The summed E-state index contributed by atoms with van der Waals surface area (Å²) in [4.78, 5) is 9.16. The van der Waals surface area contributed by atoms with Crippen molar-refractivity contribution in [3.05, 3.63) is 54.1 Å². The molecule has 0 unspecified atom stereocenters. The number of nitrogens with one attached hydrogen (secondary N) is 1. The van der Waals surface area contributed by atoms with Crippen molar-refractivity contribution in [2.24, 2.45) is 0 Å². The van der Waals surface area contributed by atoms with Gasteiger partial charge in [-0.3, -0.25) is 0 Å². The Labute approximate surface area is 129 Å². The quantitative estimate of drug-likeness (QED) is 0.676. The number of hydrogen-bond donors (Lipinski definition) is 1. The molecule has 0 saturated heterocycles. The molecule has 3 aromatic rings. The number of para-hydroxylation sites is 2. The van der Waals surface area contributed by atoms with Gasteiger partial charge in [0.25, 0.3) is 0 Å². The van der Waals surface area contributed by atoms with Crippen molar-refractivity contribution < 1.29 is 9.15 Å². The summed E-state index contributed by atoms with van der Waals surface area (Å²) in [5.41, 5.74) is 2.74. The van der Waals surface area contributed by atoms with Crippen LogP contribution < -0.4 is 5.32 Å². The van der Waals surface area contributed by atoms with Gasteiger partial charge in [-0.05, 0) is 37.6 Å². The Hall–Kier alpha value is -2.40. The number of aromatic nitrogens is 2. The van der Waals surface area contributed by atoms with Gasteiger partial charge in [0.1, 0.15) is 18.2 Å². The normalized spacial score (nSPS) is 11.0. The van der Waals surface area contributed by atoms with E-state index in [0.717, 1.165) is 41.3 Å². The number of anilines is 1. The summed E-state index contributed by atoms with van der Waals surface area (Å²) in [5.74, 6) is 1.69. The van der Waals surface area contributed by atoms with Crippen molar-refractivity contribution in [3.8, 4) is 0 Å². The Balaban J connectivity index is 1.46. The lowest BCUT2D eigenvalue weighted by Crippen LogP contribution is -2.09. The van der Waals surface area contributed by atoms with Crippen molar-refractivity contribution >= 4 is 16.9 Å². The second-order valence-electron chi connectivity index (χ2n) is 5.06. The summed E-state index contributed by atoms with van der Waals surface area (Å²) < 4.78 is 10.8. The van der Waals surface area contributed by atoms with E-state index >= 15 is 0 Å². The number of benzene rings is 1. The lowest BCUT2D eigenvalue weighted by molar-refractivity contribution is 0.106. The van der Waals surface area contributed by atoms with E-state index < -0.39 is 0 Å². The number of nitrogens with zero attached hydrogens (tertiary/aromatic N) is 2. The lowest BCUT2D eigenvalue weighted by Gasteiger charge is -2.09. The van der Waals surface area contributed by atoms with Crippen LogP contribution in [0.25, 0.3) is 11.0 Å². The van der Waals surface area contributed by atoms with Crippen LogP contribution in [0.5, 0.6) is 0 Å². The molecule has 0 aliphatic heterocycles. The minimum atomic E-state index is 0.516. The molecule has 0 aliphatic carbocycles. The molecule has 0 aliphatic rings. The predicted octanol–water partition coefficient (Wildman–Crippen LogP) is 3.55. The third-order valence-electron chi connectivity index (χ3n) is 3.33. The number of rotatable bonds is 7. The summed E-state index contributed by atoms with van der Waals surface area (Å²) in [6.07, 6.45) is 2.55. The van der Waals surface area contributed by atoms with Crippen molar-refractivity contribution in [1.82, 2.24) is 9.97 Å². The molecule has 0 atom stereocenters. The molecule has 2 aromatic heterocycles. The van der Waals surface area contributed by atoms with Crippen LogP contribution in [0.3, 0.4) is 0 Å². The van der Waals surface area contributed by atoms with Gasteiger partial charge in [-0.25, -0.2) is 9.97 Å². The number of fused-ring (bicyclic) bond motifs is 1. The van der Waals surface area contributed by atoms with Crippen LogP contribution in [0.1, 0.15) is 17.9 Å². The Kier molecular flexibility index (Phi) is 4.65. The van der Waals surface area contributed by atoms with E-state index in [4.69, 9.17) is 9.15 Å². The molecule has 3 rings (SSSR count). The van der Waals surface area contributed by atoms with E-state index in [-0.39, 0.29) is 0 Å². The van der Waals surface area contributed by atoms with Gasteiger partial charge in [0.15, 0.2) is 0 Å². The monoisotopic (exact) mass is 297 g/mol. The molecule has 0 fully saturated rings. The first-order valence-corrected chi connectivity index (χ1v) is 7.40. The van der Waals surface area contributed by atoms with Crippen LogP contribution in [0, 0.1) is 6.92 Å². The van der Waals surface area contributed by atoms with E-state index in [2.05, 4.69) is 15.3 Å². The Morgan fingerprint density at radius 3 is 2.68 bits per heavy atom. The van der Waals surface area contributed by atoms with E-state index in [1.54, 1.807) is 6.26 Å². The van der Waals surface area contributed by atoms with E-state index in [1.165, 1.54) is 0 Å². The smallest absolute Gasteiger partial charge is 0.148 e. The highest BCUT2D eigenvalue weighted by Crippen LogP contribution is 2.15. The van der Waals surface area contributed by atoms with E-state index in [1.807, 2.05) is 43.3 Å². The van der Waals surface area contributed by atoms with Crippen molar-refractivity contribution in [1.29, 1.82) is 0 Å². The maximum absolute atomic E-state index is 5.55. The largest absolute Gasteiger partial charge is 0.467 e. The standard InChI is InChI=1S/C17H19N3O2/c1-13-17(20-16-8-3-2-7-15(16)19-13)18-9-5-10-21-12-14-6-4-11-22-14/h2-4,6-8,11H,5,9-10,12H2,1H3,(H,18,20). The maximum Gasteiger partial charge on any atom is 0.148 e. The highest BCUT2D eigenvalue weighted by molar-refractivity contribution is 5.76. The predicted molar refractivity (Wildman–Crippen MR) is 85.7 cm³/mol. The van der Waals surface area contributed by atoms with Gasteiger partial charge in [0.05, 0.1) is 23.0 Å². The number of ether oxygens (including phenoxy) is 1. The molecule has 1 aromatic carbocycles. The van der Waals surface area contributed by atoms with Gasteiger partial charge in [-0.2, -0.15) is 0 Å². The fourth-order valence-corrected chi connectivity index (χ4v) is 2.20. The first-order valence-electron chi connectivity index (χ1n) is 7.40. The lowest BCUT2D eigenvalue weighted by atomic mass is 10.3. The average Bonchev–Trinajstić information content (AvgIpc) is 3.04. The molecule has 0 saturated carbocycles. The van der Waals surface area contributed by atoms with Gasteiger partial charge in [-0.15, -0.1) is 0 Å². The third kappa shape index (κ3) is 3.62. The fraction of sp³-hybridized carbons (Fsp3) is 0.294. The number of hydrogen-bond acceptors (Lipinski definition) is 5. The van der Waals surface area contributed by atoms with Gasteiger partial charge in [0, 0.05) is 13.2 Å². The van der Waals surface area contributed by atoms with E-state index in [9.17, 15) is 0 Å². The zero-order chi connectivity index (χ0) is 15.2. The highest BCUT2D eigenvalue weighted by atomic mass is 16.5. The van der Waals surface area contributed by atoms with Crippen LogP contribution in [0.2, 0.25) is 0 Å². The number of aryl methyl sites for hydroxylation is 1. The molecular formula is C17H19N3O2. The summed E-state index contributed by atoms with van der Waals surface area (Å²) >= 11 is 0. The van der Waals surface area contributed by atoms with Gasteiger partial charge in [-0.1, -0.05) is 12.1 Å². The minimum Gasteiger partial charge on any atom is -0.467 e. The Morgan fingerprint density at radius 1 is 1.09 bits per heavy atom. The average molecular weight is 297 g/mol. The van der Waals surface area contributed by atoms with Crippen LogP contribution in [-0.4, -0.2) is 23.1 Å². The second kappa shape index (κ2) is 7.04. The van der Waals surface area contributed by atoms with Gasteiger partial charge >= 0.3 is 0 Å². The SMILES string of the molecule is Cc1nc2ccccc2nc1NCCCOCc1ccco1. The second-order valence-corrected chi connectivity index (χ2v) is 5.06. The summed E-state index contributed by atoms with van der Waals surface area (Å²) in [6, 6.07) is 11.7. The van der Waals surface area contributed by atoms with Crippen molar-refractivity contribution in [3.63, 3.8) is 0 Å². The fourth-order valence-electron chi connectivity index (χ4n) is 2.20. The molecular weight excluding hydrogens is 278 g/mol. The summed E-state index contributed by atoms with van der Waals surface area (Å²) in [6.45, 7) is 3.96. The summed E-state index contributed by atoms with van der Waals surface area (Å²) in [7, 11) is 0. The van der Waals surface area contributed by atoms with Crippen LogP contribution in [0.15, 0.2) is 47.1 Å².